The molecule has 0 bridgehead atoms. The molecule has 2 atom stereocenters. The lowest BCUT2D eigenvalue weighted by molar-refractivity contribution is -0.121. The van der Waals surface area contributed by atoms with Gasteiger partial charge in [0.05, 0.1) is 12.6 Å². The van der Waals surface area contributed by atoms with Gasteiger partial charge in [0.1, 0.15) is 0 Å². The molecule has 16 heavy (non-hydrogen) atoms. The number of benzene rings is 1. The smallest absolute Gasteiger partial charge is 0.221 e. The number of amides is 1. The van der Waals surface area contributed by atoms with Crippen molar-refractivity contribution in [3.63, 3.8) is 0 Å². The summed E-state index contributed by atoms with van der Waals surface area (Å²) in [7, 11) is 0. The molecule has 1 aromatic rings. The first-order valence-electron chi connectivity index (χ1n) is 5.33. The van der Waals surface area contributed by atoms with Gasteiger partial charge in [0.2, 0.25) is 5.91 Å². The SMILES string of the molecule is CC(CNC(CO)c1ccccc1)C(N)=O. The lowest BCUT2D eigenvalue weighted by Gasteiger charge is -2.18. The Bertz CT molecular complexity index is 327. The second-order valence-electron chi connectivity index (χ2n) is 3.86. The standard InChI is InChI=1S/C12H18N2O2/c1-9(12(13)16)7-14-11(8-15)10-5-3-2-4-6-10/h2-6,9,11,14-15H,7-8H2,1H3,(H2,13,16). The average Bonchev–Trinajstić information content (AvgIpc) is 2.30. The van der Waals surface area contributed by atoms with Crippen molar-refractivity contribution < 1.29 is 9.90 Å². The van der Waals surface area contributed by atoms with Gasteiger partial charge in [0.15, 0.2) is 0 Å². The molecular formula is C12H18N2O2. The van der Waals surface area contributed by atoms with E-state index in [-0.39, 0.29) is 24.5 Å². The number of nitrogens with two attached hydrogens (primary N) is 1. The lowest BCUT2D eigenvalue weighted by atomic mass is 10.1. The maximum atomic E-state index is 10.9. The molecule has 0 aliphatic rings. The van der Waals surface area contributed by atoms with Gasteiger partial charge in [-0.05, 0) is 5.56 Å². The first-order chi connectivity index (χ1) is 7.65. The minimum atomic E-state index is -0.336. The van der Waals surface area contributed by atoms with Crippen molar-refractivity contribution in [2.45, 2.75) is 13.0 Å². The fraction of sp³-hybridized carbons (Fsp3) is 0.417. The molecule has 0 spiro atoms. The van der Waals surface area contributed by atoms with Crippen LogP contribution in [0.5, 0.6) is 0 Å². The Hall–Kier alpha value is -1.39. The summed E-state index contributed by atoms with van der Waals surface area (Å²) in [4.78, 5) is 10.9. The second-order valence-corrected chi connectivity index (χ2v) is 3.86. The number of carbonyl (C=O) groups excluding carboxylic acids is 1. The number of hydrogen-bond donors (Lipinski definition) is 3. The normalized spacial score (nSPS) is 14.4. The van der Waals surface area contributed by atoms with Crippen LogP contribution >= 0.6 is 0 Å². The van der Waals surface area contributed by atoms with Gasteiger partial charge < -0.3 is 16.2 Å². The third-order valence-corrected chi connectivity index (χ3v) is 2.54. The Morgan fingerprint density at radius 1 is 1.44 bits per heavy atom. The van der Waals surface area contributed by atoms with Crippen molar-refractivity contribution in [1.29, 1.82) is 0 Å². The van der Waals surface area contributed by atoms with Crippen molar-refractivity contribution >= 4 is 5.91 Å². The number of carbonyl (C=O) groups is 1. The molecule has 0 fully saturated rings. The summed E-state index contributed by atoms with van der Waals surface area (Å²) in [6.07, 6.45) is 0. The molecule has 1 rings (SSSR count). The third kappa shape index (κ3) is 3.64. The molecule has 0 aliphatic heterocycles. The van der Waals surface area contributed by atoms with Crippen molar-refractivity contribution in [3.05, 3.63) is 35.9 Å². The number of aliphatic hydroxyl groups is 1. The Kier molecular flexibility index (Phi) is 4.95. The van der Waals surface area contributed by atoms with Crippen LogP contribution in [0.4, 0.5) is 0 Å². The van der Waals surface area contributed by atoms with Crippen LogP contribution in [0.2, 0.25) is 0 Å². The summed E-state index contributed by atoms with van der Waals surface area (Å²) in [5.74, 6) is -0.574. The highest BCUT2D eigenvalue weighted by atomic mass is 16.3. The first kappa shape index (κ1) is 12.7. The number of nitrogens with one attached hydrogen (secondary N) is 1. The number of primary amides is 1. The second kappa shape index (κ2) is 6.25. The van der Waals surface area contributed by atoms with Crippen LogP contribution in [0.25, 0.3) is 0 Å². The van der Waals surface area contributed by atoms with Gasteiger partial charge in [-0.2, -0.15) is 0 Å². The Morgan fingerprint density at radius 2 is 2.06 bits per heavy atom. The number of hydrogen-bond acceptors (Lipinski definition) is 3. The van der Waals surface area contributed by atoms with E-state index in [0.717, 1.165) is 5.56 Å². The van der Waals surface area contributed by atoms with Crippen LogP contribution < -0.4 is 11.1 Å². The molecule has 0 saturated heterocycles. The molecule has 2 unspecified atom stereocenters. The third-order valence-electron chi connectivity index (χ3n) is 2.54. The Morgan fingerprint density at radius 3 is 2.56 bits per heavy atom. The van der Waals surface area contributed by atoms with Crippen LogP contribution in [0.1, 0.15) is 18.5 Å². The zero-order valence-electron chi connectivity index (χ0n) is 9.39. The van der Waals surface area contributed by atoms with Gasteiger partial charge >= 0.3 is 0 Å². The molecule has 0 saturated carbocycles. The summed E-state index contributed by atoms with van der Waals surface area (Å²) in [5.41, 5.74) is 6.16. The van der Waals surface area contributed by atoms with Gasteiger partial charge in [0.25, 0.3) is 0 Å². The van der Waals surface area contributed by atoms with Crippen molar-refractivity contribution in [3.8, 4) is 0 Å². The lowest BCUT2D eigenvalue weighted by Crippen LogP contribution is -2.34. The largest absolute Gasteiger partial charge is 0.394 e. The summed E-state index contributed by atoms with van der Waals surface area (Å²) in [6, 6.07) is 9.47. The Labute approximate surface area is 95.5 Å². The summed E-state index contributed by atoms with van der Waals surface area (Å²) < 4.78 is 0. The van der Waals surface area contributed by atoms with Crippen LogP contribution in [0, 0.1) is 5.92 Å². The van der Waals surface area contributed by atoms with Crippen LogP contribution in [0.15, 0.2) is 30.3 Å². The monoisotopic (exact) mass is 222 g/mol. The van der Waals surface area contributed by atoms with E-state index in [4.69, 9.17) is 5.73 Å². The summed E-state index contributed by atoms with van der Waals surface area (Å²) in [6.45, 7) is 2.22. The van der Waals surface area contributed by atoms with E-state index in [0.29, 0.717) is 6.54 Å². The Balaban J connectivity index is 2.53. The number of rotatable bonds is 6. The summed E-state index contributed by atoms with van der Waals surface area (Å²) >= 11 is 0. The van der Waals surface area contributed by atoms with Crippen molar-refractivity contribution in [2.75, 3.05) is 13.2 Å². The van der Waals surface area contributed by atoms with Crippen LogP contribution in [-0.4, -0.2) is 24.2 Å². The first-order valence-corrected chi connectivity index (χ1v) is 5.33. The number of aliphatic hydroxyl groups excluding tert-OH is 1. The molecule has 88 valence electrons. The summed E-state index contributed by atoms with van der Waals surface area (Å²) in [5, 5.41) is 12.4. The maximum Gasteiger partial charge on any atom is 0.221 e. The van der Waals surface area contributed by atoms with Crippen LogP contribution in [-0.2, 0) is 4.79 Å². The molecule has 1 aromatic carbocycles. The highest BCUT2D eigenvalue weighted by Gasteiger charge is 2.13. The highest BCUT2D eigenvalue weighted by molar-refractivity contribution is 5.76. The van der Waals surface area contributed by atoms with Crippen LogP contribution in [0.3, 0.4) is 0 Å². The fourth-order valence-electron chi connectivity index (χ4n) is 1.39. The molecule has 0 heterocycles. The van der Waals surface area contributed by atoms with Gasteiger partial charge in [-0.3, -0.25) is 4.79 Å². The zero-order valence-corrected chi connectivity index (χ0v) is 9.39. The van der Waals surface area contributed by atoms with Crippen molar-refractivity contribution in [2.24, 2.45) is 11.7 Å². The van der Waals surface area contributed by atoms with E-state index in [1.165, 1.54) is 0 Å². The van der Waals surface area contributed by atoms with Gasteiger partial charge in [-0.1, -0.05) is 37.3 Å². The highest BCUT2D eigenvalue weighted by Crippen LogP contribution is 2.11. The molecular weight excluding hydrogens is 204 g/mol. The van der Waals surface area contributed by atoms with E-state index < -0.39 is 0 Å². The van der Waals surface area contributed by atoms with E-state index in [9.17, 15) is 9.90 Å². The fourth-order valence-corrected chi connectivity index (χ4v) is 1.39. The minimum Gasteiger partial charge on any atom is -0.394 e. The van der Waals surface area contributed by atoms with E-state index in [1.807, 2.05) is 30.3 Å². The van der Waals surface area contributed by atoms with E-state index >= 15 is 0 Å². The molecule has 1 amide bonds. The van der Waals surface area contributed by atoms with Gasteiger partial charge in [-0.15, -0.1) is 0 Å². The molecule has 0 aromatic heterocycles. The molecule has 4 N–H and O–H groups in total. The molecule has 4 nitrogen and oxygen atoms in total. The van der Waals surface area contributed by atoms with E-state index in [1.54, 1.807) is 6.92 Å². The molecule has 4 heteroatoms. The van der Waals surface area contributed by atoms with Gasteiger partial charge in [0, 0.05) is 12.5 Å². The average molecular weight is 222 g/mol. The topological polar surface area (TPSA) is 75.3 Å². The predicted octanol–water partition coefficient (Wildman–Crippen LogP) is 0.431. The maximum absolute atomic E-state index is 10.9. The molecule has 0 radical (unpaired) electrons. The minimum absolute atomic E-state index is 0.00447. The quantitative estimate of drug-likeness (QED) is 0.653. The van der Waals surface area contributed by atoms with E-state index in [2.05, 4.69) is 5.32 Å². The van der Waals surface area contributed by atoms with Gasteiger partial charge in [-0.25, -0.2) is 0 Å². The molecule has 0 aliphatic carbocycles. The van der Waals surface area contributed by atoms with Crippen molar-refractivity contribution in [1.82, 2.24) is 5.32 Å². The predicted molar refractivity (Wildman–Crippen MR) is 62.6 cm³/mol. The zero-order chi connectivity index (χ0) is 12.0.